The van der Waals surface area contributed by atoms with Crippen molar-refractivity contribution in [3.8, 4) is 0 Å². The summed E-state index contributed by atoms with van der Waals surface area (Å²) in [5, 5.41) is 19.9. The molecule has 2 rings (SSSR count). The monoisotopic (exact) mass is 250 g/mol. The van der Waals surface area contributed by atoms with E-state index in [1.807, 2.05) is 0 Å². The molecule has 0 aromatic carbocycles. The summed E-state index contributed by atoms with van der Waals surface area (Å²) in [6.45, 7) is -0.182. The molecule has 1 unspecified atom stereocenters. The molecule has 0 aromatic heterocycles. The van der Waals surface area contributed by atoms with Crippen LogP contribution < -0.4 is 0 Å². The highest BCUT2D eigenvalue weighted by Gasteiger charge is 2.61. The van der Waals surface area contributed by atoms with E-state index in [-0.39, 0.29) is 30.6 Å². The topological polar surface area (TPSA) is 83.8 Å². The first-order valence-corrected chi connectivity index (χ1v) is 7.25. The Hall–Kier alpha value is -0.170. The van der Waals surface area contributed by atoms with Crippen molar-refractivity contribution < 1.29 is 23.4 Å². The maximum absolute atomic E-state index is 11.4. The Labute approximate surface area is 95.3 Å². The molecule has 2 aliphatic rings. The fraction of sp³-hybridized carbons (Fsp3) is 1.00. The second-order valence-electron chi connectivity index (χ2n) is 5.08. The quantitative estimate of drug-likeness (QED) is 0.693. The minimum atomic E-state index is -3.15. The first-order chi connectivity index (χ1) is 7.36. The van der Waals surface area contributed by atoms with Gasteiger partial charge in [-0.3, -0.25) is 0 Å². The average Bonchev–Trinajstić information content (AvgIpc) is 2.41. The van der Waals surface area contributed by atoms with Gasteiger partial charge in [-0.1, -0.05) is 0 Å². The van der Waals surface area contributed by atoms with Crippen LogP contribution in [0.2, 0.25) is 0 Å². The molecule has 94 valence electrons. The Balaban J connectivity index is 2.18. The van der Waals surface area contributed by atoms with Crippen LogP contribution in [0.5, 0.6) is 0 Å². The molecular formula is C10H18O5S. The predicted molar refractivity (Wildman–Crippen MR) is 57.8 cm³/mol. The molecule has 1 heterocycles. The molecule has 1 saturated heterocycles. The largest absolute Gasteiger partial charge is 0.396 e. The minimum absolute atomic E-state index is 0.0168. The Bertz CT molecular complexity index is 371. The third-order valence-corrected chi connectivity index (χ3v) is 5.89. The van der Waals surface area contributed by atoms with Crippen molar-refractivity contribution in [1.29, 1.82) is 0 Å². The highest BCUT2D eigenvalue weighted by atomic mass is 32.2. The molecule has 1 aliphatic heterocycles. The highest BCUT2D eigenvalue weighted by Crippen LogP contribution is 2.53. The van der Waals surface area contributed by atoms with Gasteiger partial charge in [0.25, 0.3) is 0 Å². The molecule has 0 radical (unpaired) electrons. The fourth-order valence-electron chi connectivity index (χ4n) is 2.89. The van der Waals surface area contributed by atoms with Crippen LogP contribution in [0.15, 0.2) is 0 Å². The molecule has 2 fully saturated rings. The Morgan fingerprint density at radius 3 is 2.44 bits per heavy atom. The molecule has 0 bridgehead atoms. The molecule has 2 N–H and O–H groups in total. The number of methoxy groups -OCH3 is 1. The van der Waals surface area contributed by atoms with E-state index >= 15 is 0 Å². The standard InChI is InChI=1S/C10H18O5S/c1-15-8-4-9(5-8,6-11)10(12)2-3-16(13,14)7-10/h8,11-12H,2-7H2,1H3. The number of aliphatic hydroxyl groups is 2. The lowest BCUT2D eigenvalue weighted by Crippen LogP contribution is -2.60. The summed E-state index contributed by atoms with van der Waals surface area (Å²) >= 11 is 0. The molecule has 1 aliphatic carbocycles. The molecule has 0 amide bonds. The molecular weight excluding hydrogens is 232 g/mol. The lowest BCUT2D eigenvalue weighted by atomic mass is 9.57. The smallest absolute Gasteiger partial charge is 0.153 e. The predicted octanol–water partition coefficient (Wildman–Crippen LogP) is -0.677. The van der Waals surface area contributed by atoms with E-state index in [0.29, 0.717) is 12.8 Å². The second kappa shape index (κ2) is 3.66. The van der Waals surface area contributed by atoms with Crippen LogP contribution in [0.4, 0.5) is 0 Å². The highest BCUT2D eigenvalue weighted by molar-refractivity contribution is 7.91. The SMILES string of the molecule is COC1CC(CO)(C2(O)CCS(=O)(=O)C2)C1. The van der Waals surface area contributed by atoms with Gasteiger partial charge in [-0.2, -0.15) is 0 Å². The zero-order valence-electron chi connectivity index (χ0n) is 9.35. The van der Waals surface area contributed by atoms with Gasteiger partial charge in [0.2, 0.25) is 0 Å². The minimum Gasteiger partial charge on any atom is -0.396 e. The van der Waals surface area contributed by atoms with E-state index in [9.17, 15) is 18.6 Å². The lowest BCUT2D eigenvalue weighted by molar-refractivity contribution is -0.186. The number of hydrogen-bond donors (Lipinski definition) is 2. The molecule has 0 spiro atoms. The van der Waals surface area contributed by atoms with Crippen molar-refractivity contribution in [2.45, 2.75) is 31.0 Å². The normalized spacial score (nSPS) is 46.6. The van der Waals surface area contributed by atoms with E-state index in [2.05, 4.69) is 0 Å². The molecule has 1 saturated carbocycles. The number of ether oxygens (including phenoxy) is 1. The van der Waals surface area contributed by atoms with E-state index < -0.39 is 20.9 Å². The van der Waals surface area contributed by atoms with Crippen molar-refractivity contribution >= 4 is 9.84 Å². The third-order valence-electron chi connectivity index (χ3n) is 4.15. The third kappa shape index (κ3) is 1.68. The zero-order valence-corrected chi connectivity index (χ0v) is 10.2. The van der Waals surface area contributed by atoms with Gasteiger partial charge in [-0.25, -0.2) is 8.42 Å². The van der Waals surface area contributed by atoms with Crippen molar-refractivity contribution in [2.24, 2.45) is 5.41 Å². The number of sulfone groups is 1. The molecule has 0 aromatic rings. The molecule has 1 atom stereocenters. The summed E-state index contributed by atoms with van der Waals surface area (Å²) in [5.41, 5.74) is -1.95. The van der Waals surface area contributed by atoms with Crippen molar-refractivity contribution in [3.05, 3.63) is 0 Å². The summed E-state index contributed by atoms with van der Waals surface area (Å²) in [6.07, 6.45) is 1.32. The van der Waals surface area contributed by atoms with Crippen molar-refractivity contribution in [3.63, 3.8) is 0 Å². The van der Waals surface area contributed by atoms with E-state index in [1.165, 1.54) is 0 Å². The average molecular weight is 250 g/mol. The number of hydrogen-bond acceptors (Lipinski definition) is 5. The summed E-state index contributed by atoms with van der Waals surface area (Å²) < 4.78 is 28.0. The fourth-order valence-corrected chi connectivity index (χ4v) is 4.86. The van der Waals surface area contributed by atoms with E-state index in [1.54, 1.807) is 7.11 Å². The van der Waals surface area contributed by atoms with Crippen LogP contribution in [0, 0.1) is 5.41 Å². The van der Waals surface area contributed by atoms with Crippen LogP contribution in [-0.4, -0.2) is 55.6 Å². The lowest BCUT2D eigenvalue weighted by Gasteiger charge is -2.53. The molecule has 5 nitrogen and oxygen atoms in total. The Kier molecular flexibility index (Phi) is 2.81. The van der Waals surface area contributed by atoms with Crippen LogP contribution in [0.25, 0.3) is 0 Å². The number of aliphatic hydroxyl groups excluding tert-OH is 1. The van der Waals surface area contributed by atoms with E-state index in [4.69, 9.17) is 4.74 Å². The van der Waals surface area contributed by atoms with E-state index in [0.717, 1.165) is 0 Å². The van der Waals surface area contributed by atoms with Crippen LogP contribution in [-0.2, 0) is 14.6 Å². The van der Waals surface area contributed by atoms with Gasteiger partial charge < -0.3 is 14.9 Å². The van der Waals surface area contributed by atoms with Crippen LogP contribution >= 0.6 is 0 Å². The van der Waals surface area contributed by atoms with Gasteiger partial charge >= 0.3 is 0 Å². The molecule has 6 heteroatoms. The first-order valence-electron chi connectivity index (χ1n) is 5.43. The first kappa shape index (κ1) is 12.3. The van der Waals surface area contributed by atoms with Crippen LogP contribution in [0.3, 0.4) is 0 Å². The maximum atomic E-state index is 11.4. The maximum Gasteiger partial charge on any atom is 0.153 e. The van der Waals surface area contributed by atoms with Gasteiger partial charge in [0.1, 0.15) is 0 Å². The van der Waals surface area contributed by atoms with Gasteiger partial charge in [-0.05, 0) is 19.3 Å². The van der Waals surface area contributed by atoms with Crippen molar-refractivity contribution in [1.82, 2.24) is 0 Å². The van der Waals surface area contributed by atoms with Gasteiger partial charge in [0.15, 0.2) is 9.84 Å². The Morgan fingerprint density at radius 1 is 1.44 bits per heavy atom. The van der Waals surface area contributed by atoms with Gasteiger partial charge in [0, 0.05) is 12.5 Å². The summed E-state index contributed by atoms with van der Waals surface area (Å²) in [6, 6.07) is 0. The summed E-state index contributed by atoms with van der Waals surface area (Å²) in [7, 11) is -1.56. The second-order valence-corrected chi connectivity index (χ2v) is 7.26. The number of rotatable bonds is 3. The summed E-state index contributed by atoms with van der Waals surface area (Å²) in [4.78, 5) is 0. The Morgan fingerprint density at radius 2 is 2.06 bits per heavy atom. The van der Waals surface area contributed by atoms with Gasteiger partial charge in [0.05, 0.1) is 29.8 Å². The summed E-state index contributed by atoms with van der Waals surface area (Å²) in [5.74, 6) is -0.208. The van der Waals surface area contributed by atoms with Crippen LogP contribution in [0.1, 0.15) is 19.3 Å². The van der Waals surface area contributed by atoms with Crippen molar-refractivity contribution in [2.75, 3.05) is 25.2 Å². The van der Waals surface area contributed by atoms with Gasteiger partial charge in [-0.15, -0.1) is 0 Å². The zero-order chi connectivity index (χ0) is 12.0. The molecule has 16 heavy (non-hydrogen) atoms.